The van der Waals surface area contributed by atoms with Crippen LogP contribution in [0.25, 0.3) is 0 Å². The molecule has 2 rings (SSSR count). The third-order valence-corrected chi connectivity index (χ3v) is 5.97. The van der Waals surface area contributed by atoms with Gasteiger partial charge in [-0.1, -0.05) is 36.8 Å². The van der Waals surface area contributed by atoms with Crippen LogP contribution in [0, 0.1) is 6.92 Å². The summed E-state index contributed by atoms with van der Waals surface area (Å²) in [6, 6.07) is 6.61. The van der Waals surface area contributed by atoms with Crippen molar-refractivity contribution in [3.63, 3.8) is 0 Å². The van der Waals surface area contributed by atoms with E-state index in [-0.39, 0.29) is 11.1 Å². The predicted octanol–water partition coefficient (Wildman–Crippen LogP) is 8.46. The van der Waals surface area contributed by atoms with Crippen LogP contribution in [0.4, 0.5) is 65.9 Å². The number of aryl methyl sites for hydroxylation is 1. The maximum absolute atomic E-state index is 14.9. The molecule has 0 spiro atoms. The van der Waals surface area contributed by atoms with Gasteiger partial charge in [0.15, 0.2) is 0 Å². The minimum atomic E-state index is -8.32. The summed E-state index contributed by atoms with van der Waals surface area (Å²) in [7, 11) is 0. The van der Waals surface area contributed by atoms with Crippen molar-refractivity contribution in [3.05, 3.63) is 65.5 Å². The first-order valence-corrected chi connectivity index (χ1v) is 10.1. The SMILES string of the molecule is Cc1ccc(C(C)(CC(F)(F)C(F)(F)C(F)(F)C(F)(F)C(F)(F)C(F)(F)C(F)(F)F)c2ccncc2)cc1. The standard InChI is InChI=1S/C22H16F15N/c1-12-3-5-13(6-4-12)15(2,14-7-9-38-10-8-14)11-16(23,24)17(25,26)18(27,28)19(29,30)20(31,32)21(33,34)22(35,36)37/h3-10H,11H2,1-2H3. The molecule has 0 bridgehead atoms. The van der Waals surface area contributed by atoms with Gasteiger partial charge in [0.25, 0.3) is 0 Å². The Labute approximate surface area is 204 Å². The molecule has 0 saturated heterocycles. The van der Waals surface area contributed by atoms with E-state index < -0.39 is 53.5 Å². The fourth-order valence-corrected chi connectivity index (χ4v) is 3.57. The highest BCUT2D eigenvalue weighted by atomic mass is 19.4. The zero-order valence-corrected chi connectivity index (χ0v) is 18.9. The van der Waals surface area contributed by atoms with Crippen molar-refractivity contribution < 1.29 is 65.9 Å². The number of halogens is 15. The summed E-state index contributed by atoms with van der Waals surface area (Å²) >= 11 is 0. The van der Waals surface area contributed by atoms with E-state index in [2.05, 4.69) is 4.98 Å². The third-order valence-electron chi connectivity index (χ3n) is 5.97. The minimum Gasteiger partial charge on any atom is -0.265 e. The summed E-state index contributed by atoms with van der Waals surface area (Å²) in [6.45, 7) is 2.29. The van der Waals surface area contributed by atoms with Crippen LogP contribution in [0.15, 0.2) is 48.8 Å². The zero-order valence-electron chi connectivity index (χ0n) is 18.9. The number of pyridine rings is 1. The molecule has 16 heteroatoms. The second-order valence-electron chi connectivity index (χ2n) is 8.68. The molecule has 0 aliphatic carbocycles. The molecule has 1 aromatic heterocycles. The second kappa shape index (κ2) is 9.21. The Morgan fingerprint density at radius 1 is 0.526 bits per heavy atom. The van der Waals surface area contributed by atoms with Gasteiger partial charge in [-0.3, -0.25) is 4.98 Å². The van der Waals surface area contributed by atoms with Crippen LogP contribution in [-0.4, -0.2) is 46.7 Å². The Hall–Kier alpha value is -2.68. The van der Waals surface area contributed by atoms with Crippen LogP contribution in [-0.2, 0) is 5.41 Å². The highest BCUT2D eigenvalue weighted by molar-refractivity contribution is 5.39. The van der Waals surface area contributed by atoms with Gasteiger partial charge in [-0.25, -0.2) is 0 Å². The second-order valence-corrected chi connectivity index (χ2v) is 8.68. The van der Waals surface area contributed by atoms with Gasteiger partial charge in [-0.15, -0.1) is 0 Å². The van der Waals surface area contributed by atoms with Crippen molar-refractivity contribution in [2.24, 2.45) is 0 Å². The maximum atomic E-state index is 14.9. The van der Waals surface area contributed by atoms with E-state index in [0.717, 1.165) is 43.6 Å². The zero-order chi connectivity index (χ0) is 29.8. The van der Waals surface area contributed by atoms with E-state index in [9.17, 15) is 65.9 Å². The van der Waals surface area contributed by atoms with Crippen molar-refractivity contribution in [1.29, 1.82) is 0 Å². The molecular formula is C22H16F15N. The van der Waals surface area contributed by atoms with Gasteiger partial charge in [0.05, 0.1) is 0 Å². The van der Waals surface area contributed by atoms with E-state index in [0.29, 0.717) is 5.56 Å². The topological polar surface area (TPSA) is 12.9 Å². The fourth-order valence-electron chi connectivity index (χ4n) is 3.57. The fraction of sp³-hybridized carbons (Fsp3) is 0.500. The highest BCUT2D eigenvalue weighted by Crippen LogP contribution is 2.63. The minimum absolute atomic E-state index is 0.284. The number of benzene rings is 1. The van der Waals surface area contributed by atoms with Crippen LogP contribution >= 0.6 is 0 Å². The van der Waals surface area contributed by atoms with E-state index in [4.69, 9.17) is 0 Å². The molecular weight excluding hydrogens is 563 g/mol. The summed E-state index contributed by atoms with van der Waals surface area (Å²) in [4.78, 5) is 3.55. The van der Waals surface area contributed by atoms with Gasteiger partial charge in [0.1, 0.15) is 0 Å². The number of hydrogen-bond donors (Lipinski definition) is 0. The first-order valence-electron chi connectivity index (χ1n) is 10.1. The van der Waals surface area contributed by atoms with Gasteiger partial charge in [-0.05, 0) is 30.2 Å². The molecule has 38 heavy (non-hydrogen) atoms. The molecule has 1 heterocycles. The van der Waals surface area contributed by atoms with Gasteiger partial charge in [-0.2, -0.15) is 65.9 Å². The Balaban J connectivity index is 2.68. The van der Waals surface area contributed by atoms with Crippen LogP contribution in [0.5, 0.6) is 0 Å². The Morgan fingerprint density at radius 3 is 1.32 bits per heavy atom. The molecule has 2 aromatic rings. The van der Waals surface area contributed by atoms with Gasteiger partial charge < -0.3 is 0 Å². The Kier molecular flexibility index (Phi) is 7.64. The lowest BCUT2D eigenvalue weighted by Crippen LogP contribution is -2.72. The molecule has 1 atom stereocenters. The average Bonchev–Trinajstić information content (AvgIpc) is 2.78. The monoisotopic (exact) mass is 579 g/mol. The molecule has 0 aliphatic heterocycles. The summed E-state index contributed by atoms with van der Waals surface area (Å²) in [5.41, 5.74) is -2.56. The lowest BCUT2D eigenvalue weighted by Gasteiger charge is -2.43. The normalized spacial score (nSPS) is 16.3. The molecule has 214 valence electrons. The number of alkyl halides is 15. The first kappa shape index (κ1) is 31.5. The molecule has 0 aliphatic rings. The summed E-state index contributed by atoms with van der Waals surface area (Å²) < 4.78 is 205. The predicted molar refractivity (Wildman–Crippen MR) is 102 cm³/mol. The van der Waals surface area contributed by atoms with Gasteiger partial charge in [0.2, 0.25) is 0 Å². The van der Waals surface area contributed by atoms with Crippen molar-refractivity contribution in [3.8, 4) is 0 Å². The average molecular weight is 579 g/mol. The molecule has 0 fully saturated rings. The van der Waals surface area contributed by atoms with E-state index >= 15 is 0 Å². The number of rotatable bonds is 9. The lowest BCUT2D eigenvalue weighted by atomic mass is 9.71. The summed E-state index contributed by atoms with van der Waals surface area (Å²) in [6.07, 6.45) is -8.23. The largest absolute Gasteiger partial charge is 0.460 e. The third kappa shape index (κ3) is 4.56. The smallest absolute Gasteiger partial charge is 0.265 e. The molecule has 0 N–H and O–H groups in total. The van der Waals surface area contributed by atoms with Crippen LogP contribution < -0.4 is 0 Å². The van der Waals surface area contributed by atoms with Crippen LogP contribution in [0.1, 0.15) is 30.0 Å². The van der Waals surface area contributed by atoms with E-state index in [1.807, 2.05) is 0 Å². The number of hydrogen-bond acceptors (Lipinski definition) is 1. The first-order chi connectivity index (χ1) is 16.8. The van der Waals surface area contributed by atoms with Crippen molar-refractivity contribution in [2.75, 3.05) is 0 Å². The summed E-state index contributed by atoms with van der Waals surface area (Å²) in [5.74, 6) is -46.7. The Bertz CT molecular complexity index is 1110. The van der Waals surface area contributed by atoms with Crippen molar-refractivity contribution >= 4 is 0 Å². The van der Waals surface area contributed by atoms with Crippen molar-refractivity contribution in [1.82, 2.24) is 4.98 Å². The van der Waals surface area contributed by atoms with Crippen LogP contribution in [0.3, 0.4) is 0 Å². The Morgan fingerprint density at radius 2 is 0.895 bits per heavy atom. The molecule has 0 radical (unpaired) electrons. The highest BCUT2D eigenvalue weighted by Gasteiger charge is 2.93. The lowest BCUT2D eigenvalue weighted by molar-refractivity contribution is -0.452. The number of aromatic nitrogens is 1. The van der Waals surface area contributed by atoms with Crippen molar-refractivity contribution in [2.45, 2.75) is 67.4 Å². The molecule has 1 aromatic carbocycles. The molecule has 0 saturated carbocycles. The quantitative estimate of drug-likeness (QED) is 0.272. The van der Waals surface area contributed by atoms with Gasteiger partial charge in [0, 0.05) is 24.2 Å². The molecule has 1 nitrogen and oxygen atoms in total. The number of nitrogens with zero attached hydrogens (tertiary/aromatic N) is 1. The van der Waals surface area contributed by atoms with E-state index in [1.54, 1.807) is 0 Å². The molecule has 1 unspecified atom stereocenters. The van der Waals surface area contributed by atoms with E-state index in [1.165, 1.54) is 19.1 Å². The van der Waals surface area contributed by atoms with Gasteiger partial charge >= 0.3 is 41.7 Å². The summed E-state index contributed by atoms with van der Waals surface area (Å²) in [5, 5.41) is 0. The van der Waals surface area contributed by atoms with Crippen LogP contribution in [0.2, 0.25) is 0 Å². The molecule has 0 amide bonds. The maximum Gasteiger partial charge on any atom is 0.460 e.